The number of hydrogen-bond acceptors (Lipinski definition) is 4. The zero-order valence-electron chi connectivity index (χ0n) is 15.3. The standard InChI is InChI=1S/C20H19F3N4O/c1-25-9-11-26(12-10-25)17-4-2-3-16-18(17)19(28)27(13-24-16)15-7-5-14(6-8-15)20(21,22)23/h2-8,13H,9-12H2,1H3. The molecule has 0 spiro atoms. The minimum absolute atomic E-state index is 0.292. The Kier molecular flexibility index (Phi) is 4.58. The van der Waals surface area contributed by atoms with Crippen molar-refractivity contribution in [2.24, 2.45) is 0 Å². The Morgan fingerprint density at radius 1 is 0.964 bits per heavy atom. The lowest BCUT2D eigenvalue weighted by atomic mass is 10.1. The lowest BCUT2D eigenvalue weighted by Crippen LogP contribution is -2.44. The van der Waals surface area contributed by atoms with Gasteiger partial charge in [0.2, 0.25) is 0 Å². The SMILES string of the molecule is CN1CCN(c2cccc3ncn(-c4ccc(C(F)(F)F)cc4)c(=O)c23)CC1. The van der Waals surface area contributed by atoms with Gasteiger partial charge in [0.05, 0.1) is 27.8 Å². The summed E-state index contributed by atoms with van der Waals surface area (Å²) in [6.07, 6.45) is -3.05. The summed E-state index contributed by atoms with van der Waals surface area (Å²) in [6.45, 7) is 3.38. The molecule has 5 nitrogen and oxygen atoms in total. The van der Waals surface area contributed by atoms with Crippen molar-refractivity contribution in [3.63, 3.8) is 0 Å². The molecule has 1 aliphatic heterocycles. The lowest BCUT2D eigenvalue weighted by Gasteiger charge is -2.34. The van der Waals surface area contributed by atoms with Crippen molar-refractivity contribution >= 4 is 16.6 Å². The maximum Gasteiger partial charge on any atom is 0.416 e. The molecule has 1 saturated heterocycles. The van der Waals surface area contributed by atoms with E-state index in [2.05, 4.69) is 21.8 Å². The molecule has 2 aromatic carbocycles. The van der Waals surface area contributed by atoms with E-state index in [0.29, 0.717) is 16.6 Å². The maximum atomic E-state index is 13.2. The second-order valence-corrected chi connectivity index (χ2v) is 6.93. The molecule has 8 heteroatoms. The molecule has 0 aliphatic carbocycles. The predicted octanol–water partition coefficient (Wildman–Crippen LogP) is 3.16. The minimum atomic E-state index is -4.42. The Bertz CT molecular complexity index is 1050. The minimum Gasteiger partial charge on any atom is -0.368 e. The van der Waals surface area contributed by atoms with Crippen LogP contribution in [0.2, 0.25) is 0 Å². The van der Waals surface area contributed by atoms with Gasteiger partial charge in [0.1, 0.15) is 6.33 Å². The summed E-state index contributed by atoms with van der Waals surface area (Å²) < 4.78 is 39.7. The van der Waals surface area contributed by atoms with Gasteiger partial charge < -0.3 is 9.80 Å². The molecule has 28 heavy (non-hydrogen) atoms. The van der Waals surface area contributed by atoms with Crippen LogP contribution in [0.3, 0.4) is 0 Å². The molecule has 1 aliphatic rings. The lowest BCUT2D eigenvalue weighted by molar-refractivity contribution is -0.137. The van der Waals surface area contributed by atoms with E-state index in [0.717, 1.165) is 44.0 Å². The first-order chi connectivity index (χ1) is 13.3. The quantitative estimate of drug-likeness (QED) is 0.676. The fraction of sp³-hybridized carbons (Fsp3) is 0.300. The van der Waals surface area contributed by atoms with E-state index in [1.54, 1.807) is 6.07 Å². The highest BCUT2D eigenvalue weighted by Gasteiger charge is 2.30. The number of nitrogens with zero attached hydrogens (tertiary/aromatic N) is 4. The molecule has 1 fully saturated rings. The highest BCUT2D eigenvalue weighted by molar-refractivity contribution is 5.91. The molecule has 0 amide bonds. The van der Waals surface area contributed by atoms with Crippen molar-refractivity contribution in [2.75, 3.05) is 38.1 Å². The van der Waals surface area contributed by atoms with Crippen LogP contribution in [-0.2, 0) is 6.18 Å². The van der Waals surface area contributed by atoms with E-state index in [1.165, 1.54) is 23.0 Å². The average molecular weight is 388 g/mol. The number of hydrogen-bond donors (Lipinski definition) is 0. The number of anilines is 1. The molecular formula is C20H19F3N4O. The van der Waals surface area contributed by atoms with Crippen LogP contribution in [0.1, 0.15) is 5.56 Å². The molecule has 2 heterocycles. The van der Waals surface area contributed by atoms with Gasteiger partial charge in [-0.05, 0) is 43.4 Å². The number of rotatable bonds is 2. The second kappa shape index (κ2) is 6.94. The van der Waals surface area contributed by atoms with Crippen molar-refractivity contribution in [1.82, 2.24) is 14.5 Å². The number of likely N-dealkylation sites (N-methyl/N-ethyl adjacent to an activating group) is 1. The third kappa shape index (κ3) is 3.35. The third-order valence-electron chi connectivity index (χ3n) is 5.08. The van der Waals surface area contributed by atoms with E-state index in [-0.39, 0.29) is 5.56 Å². The number of alkyl halides is 3. The van der Waals surface area contributed by atoms with E-state index >= 15 is 0 Å². The topological polar surface area (TPSA) is 41.4 Å². The van der Waals surface area contributed by atoms with E-state index in [1.807, 2.05) is 12.1 Å². The zero-order valence-corrected chi connectivity index (χ0v) is 15.3. The van der Waals surface area contributed by atoms with Crippen LogP contribution in [-0.4, -0.2) is 47.7 Å². The summed E-state index contributed by atoms with van der Waals surface area (Å²) in [6, 6.07) is 10.1. The third-order valence-corrected chi connectivity index (χ3v) is 5.08. The second-order valence-electron chi connectivity index (χ2n) is 6.93. The van der Waals surface area contributed by atoms with Gasteiger partial charge in [-0.15, -0.1) is 0 Å². The first-order valence-electron chi connectivity index (χ1n) is 8.96. The summed E-state index contributed by atoms with van der Waals surface area (Å²) in [4.78, 5) is 21.9. The number of benzene rings is 2. The summed E-state index contributed by atoms with van der Waals surface area (Å²) in [5.74, 6) is 0. The fourth-order valence-electron chi connectivity index (χ4n) is 3.45. The number of piperazine rings is 1. The van der Waals surface area contributed by atoms with E-state index < -0.39 is 11.7 Å². The predicted molar refractivity (Wildman–Crippen MR) is 102 cm³/mol. The summed E-state index contributed by atoms with van der Waals surface area (Å²) in [5, 5.41) is 0.481. The van der Waals surface area contributed by atoms with Crippen LogP contribution in [0.25, 0.3) is 16.6 Å². The van der Waals surface area contributed by atoms with Crippen LogP contribution in [0, 0.1) is 0 Å². The van der Waals surface area contributed by atoms with Gasteiger partial charge in [-0.25, -0.2) is 4.98 Å². The van der Waals surface area contributed by atoms with Gasteiger partial charge >= 0.3 is 6.18 Å². The van der Waals surface area contributed by atoms with Crippen LogP contribution in [0.15, 0.2) is 53.6 Å². The molecule has 1 aromatic heterocycles. The molecule has 0 atom stereocenters. The summed E-state index contributed by atoms with van der Waals surface area (Å²) in [7, 11) is 2.06. The molecule has 0 unspecified atom stereocenters. The van der Waals surface area contributed by atoms with Gasteiger partial charge in [-0.3, -0.25) is 9.36 Å². The van der Waals surface area contributed by atoms with Crippen LogP contribution in [0.4, 0.5) is 18.9 Å². The number of fused-ring (bicyclic) bond motifs is 1. The Balaban J connectivity index is 1.80. The summed E-state index contributed by atoms with van der Waals surface area (Å²) >= 11 is 0. The van der Waals surface area contributed by atoms with Crippen molar-refractivity contribution < 1.29 is 13.2 Å². The summed E-state index contributed by atoms with van der Waals surface area (Å²) in [5.41, 5.74) is 0.685. The highest BCUT2D eigenvalue weighted by atomic mass is 19.4. The van der Waals surface area contributed by atoms with Crippen molar-refractivity contribution in [3.8, 4) is 5.69 Å². The molecule has 0 N–H and O–H groups in total. The molecule has 3 aromatic rings. The van der Waals surface area contributed by atoms with Crippen LogP contribution >= 0.6 is 0 Å². The number of aromatic nitrogens is 2. The average Bonchev–Trinajstić information content (AvgIpc) is 2.68. The Morgan fingerprint density at radius 2 is 1.64 bits per heavy atom. The van der Waals surface area contributed by atoms with Gasteiger partial charge in [0.15, 0.2) is 0 Å². The maximum absolute atomic E-state index is 13.2. The molecule has 0 bridgehead atoms. The molecule has 146 valence electrons. The van der Waals surface area contributed by atoms with Gasteiger partial charge in [0, 0.05) is 26.2 Å². The van der Waals surface area contributed by atoms with E-state index in [4.69, 9.17) is 0 Å². The first-order valence-corrected chi connectivity index (χ1v) is 8.96. The monoisotopic (exact) mass is 388 g/mol. The largest absolute Gasteiger partial charge is 0.416 e. The van der Waals surface area contributed by atoms with Gasteiger partial charge in [0.25, 0.3) is 5.56 Å². The van der Waals surface area contributed by atoms with Gasteiger partial charge in [-0.1, -0.05) is 6.07 Å². The Labute approximate surface area is 159 Å². The Morgan fingerprint density at radius 3 is 2.29 bits per heavy atom. The van der Waals surface area contributed by atoms with Crippen LogP contribution in [0.5, 0.6) is 0 Å². The molecule has 4 rings (SSSR count). The normalized spacial score (nSPS) is 15.9. The van der Waals surface area contributed by atoms with Crippen molar-refractivity contribution in [3.05, 3.63) is 64.7 Å². The molecule has 0 radical (unpaired) electrons. The smallest absolute Gasteiger partial charge is 0.368 e. The zero-order chi connectivity index (χ0) is 19.9. The molecular weight excluding hydrogens is 369 g/mol. The van der Waals surface area contributed by atoms with Gasteiger partial charge in [-0.2, -0.15) is 13.2 Å². The molecule has 0 saturated carbocycles. The highest BCUT2D eigenvalue weighted by Crippen LogP contribution is 2.30. The first kappa shape index (κ1) is 18.5. The van der Waals surface area contributed by atoms with E-state index in [9.17, 15) is 18.0 Å². The van der Waals surface area contributed by atoms with Crippen molar-refractivity contribution in [1.29, 1.82) is 0 Å². The number of halogens is 3. The van der Waals surface area contributed by atoms with Crippen LogP contribution < -0.4 is 10.5 Å². The van der Waals surface area contributed by atoms with Crippen molar-refractivity contribution in [2.45, 2.75) is 6.18 Å². The Hall–Kier alpha value is -2.87. The fourth-order valence-corrected chi connectivity index (χ4v) is 3.45.